The van der Waals surface area contributed by atoms with Crippen LogP contribution in [0.25, 0.3) is 0 Å². The van der Waals surface area contributed by atoms with Crippen LogP contribution in [0.4, 0.5) is 0 Å². The molecule has 1 N–H and O–H groups in total. The molecule has 3 rings (SSSR count). The standard InChI is InChI=1S/C17H16N2O2/c20-16(13-7-3-1-4-8-13)18-11-15-12-19-17(21-15)14-9-5-2-6-10-14/h1-10,15H,11-12H2,(H,18,20). The summed E-state index contributed by atoms with van der Waals surface area (Å²) in [6.07, 6.45) is -0.104. The second kappa shape index (κ2) is 6.22. The molecule has 4 heteroatoms. The average Bonchev–Trinajstić information content (AvgIpc) is 3.03. The number of rotatable bonds is 4. The quantitative estimate of drug-likeness (QED) is 0.934. The Kier molecular flexibility index (Phi) is 3.96. The van der Waals surface area contributed by atoms with Crippen molar-refractivity contribution in [1.29, 1.82) is 0 Å². The molecule has 0 fully saturated rings. The SMILES string of the molecule is O=C(NCC1CN=C(c2ccccc2)O1)c1ccccc1. The molecule has 2 aromatic carbocycles. The van der Waals surface area contributed by atoms with Gasteiger partial charge in [0.15, 0.2) is 0 Å². The molecule has 0 spiro atoms. The summed E-state index contributed by atoms with van der Waals surface area (Å²) in [5.41, 5.74) is 1.62. The van der Waals surface area contributed by atoms with E-state index in [0.29, 0.717) is 24.6 Å². The van der Waals surface area contributed by atoms with Gasteiger partial charge in [0.25, 0.3) is 5.91 Å². The Morgan fingerprint density at radius 2 is 1.76 bits per heavy atom. The predicted octanol–water partition coefficient (Wildman–Crippen LogP) is 2.26. The Balaban J connectivity index is 1.52. The van der Waals surface area contributed by atoms with E-state index in [0.717, 1.165) is 5.56 Å². The molecule has 1 aliphatic heterocycles. The minimum atomic E-state index is -0.104. The second-order valence-corrected chi connectivity index (χ2v) is 4.83. The van der Waals surface area contributed by atoms with Crippen molar-refractivity contribution in [2.75, 3.05) is 13.1 Å². The maximum absolute atomic E-state index is 11.9. The van der Waals surface area contributed by atoms with Gasteiger partial charge in [0.2, 0.25) is 5.90 Å². The van der Waals surface area contributed by atoms with Crippen LogP contribution >= 0.6 is 0 Å². The van der Waals surface area contributed by atoms with E-state index < -0.39 is 0 Å². The molecule has 1 aliphatic rings. The summed E-state index contributed by atoms with van der Waals surface area (Å²) >= 11 is 0. The normalized spacial score (nSPS) is 17.0. The number of carbonyl (C=O) groups is 1. The van der Waals surface area contributed by atoms with Crippen LogP contribution < -0.4 is 5.32 Å². The summed E-state index contributed by atoms with van der Waals surface area (Å²) < 4.78 is 5.77. The van der Waals surface area contributed by atoms with Crippen LogP contribution in [0.5, 0.6) is 0 Å². The molecule has 21 heavy (non-hydrogen) atoms. The Bertz CT molecular complexity index is 638. The van der Waals surface area contributed by atoms with E-state index >= 15 is 0 Å². The molecule has 0 radical (unpaired) electrons. The van der Waals surface area contributed by atoms with Crippen molar-refractivity contribution in [3.05, 3.63) is 71.8 Å². The van der Waals surface area contributed by atoms with Crippen LogP contribution in [0.1, 0.15) is 15.9 Å². The van der Waals surface area contributed by atoms with Gasteiger partial charge < -0.3 is 10.1 Å². The van der Waals surface area contributed by atoms with Gasteiger partial charge >= 0.3 is 0 Å². The third-order valence-corrected chi connectivity index (χ3v) is 3.26. The van der Waals surface area contributed by atoms with E-state index in [-0.39, 0.29) is 12.0 Å². The molecule has 0 saturated heterocycles. The number of benzene rings is 2. The minimum absolute atomic E-state index is 0.0904. The maximum atomic E-state index is 11.9. The summed E-state index contributed by atoms with van der Waals surface area (Å²) in [5, 5.41) is 2.88. The first kappa shape index (κ1) is 13.4. The van der Waals surface area contributed by atoms with E-state index in [9.17, 15) is 4.79 Å². The summed E-state index contributed by atoms with van der Waals surface area (Å²) in [6, 6.07) is 18.9. The monoisotopic (exact) mass is 280 g/mol. The van der Waals surface area contributed by atoms with Crippen molar-refractivity contribution >= 4 is 11.8 Å². The molecule has 1 atom stereocenters. The van der Waals surface area contributed by atoms with E-state index in [1.165, 1.54) is 0 Å². The Morgan fingerprint density at radius 1 is 1.10 bits per heavy atom. The van der Waals surface area contributed by atoms with Crippen LogP contribution in [0.15, 0.2) is 65.7 Å². The second-order valence-electron chi connectivity index (χ2n) is 4.83. The third kappa shape index (κ3) is 3.28. The molecule has 4 nitrogen and oxygen atoms in total. The number of hydrogen-bond acceptors (Lipinski definition) is 3. The molecule has 106 valence electrons. The summed E-state index contributed by atoms with van der Waals surface area (Å²) in [4.78, 5) is 16.3. The third-order valence-electron chi connectivity index (χ3n) is 3.26. The van der Waals surface area contributed by atoms with Crippen molar-refractivity contribution in [2.24, 2.45) is 4.99 Å². The summed E-state index contributed by atoms with van der Waals surface area (Å²) in [5.74, 6) is 0.557. The van der Waals surface area contributed by atoms with E-state index in [4.69, 9.17) is 4.74 Å². The highest BCUT2D eigenvalue weighted by molar-refractivity contribution is 5.95. The van der Waals surface area contributed by atoms with Gasteiger partial charge in [-0.3, -0.25) is 4.79 Å². The zero-order chi connectivity index (χ0) is 14.5. The lowest BCUT2D eigenvalue weighted by Gasteiger charge is -2.12. The number of nitrogens with one attached hydrogen (secondary N) is 1. The molecular weight excluding hydrogens is 264 g/mol. The molecule has 0 aliphatic carbocycles. The summed E-state index contributed by atoms with van der Waals surface area (Å²) in [6.45, 7) is 1.02. The molecule has 1 amide bonds. The van der Waals surface area contributed by atoms with Gasteiger partial charge in [-0.1, -0.05) is 36.4 Å². The molecule has 1 heterocycles. The van der Waals surface area contributed by atoms with Gasteiger partial charge in [-0.05, 0) is 24.3 Å². The highest BCUT2D eigenvalue weighted by Gasteiger charge is 2.21. The van der Waals surface area contributed by atoms with E-state index in [1.807, 2.05) is 48.5 Å². The maximum Gasteiger partial charge on any atom is 0.251 e. The van der Waals surface area contributed by atoms with Crippen LogP contribution in [0, 0.1) is 0 Å². The first-order valence-corrected chi connectivity index (χ1v) is 6.93. The van der Waals surface area contributed by atoms with Crippen LogP contribution in [0.3, 0.4) is 0 Å². The first-order valence-electron chi connectivity index (χ1n) is 6.93. The fourth-order valence-corrected chi connectivity index (χ4v) is 2.16. The van der Waals surface area contributed by atoms with E-state index in [2.05, 4.69) is 10.3 Å². The highest BCUT2D eigenvalue weighted by atomic mass is 16.5. The lowest BCUT2D eigenvalue weighted by Crippen LogP contribution is -2.34. The zero-order valence-corrected chi connectivity index (χ0v) is 11.5. The van der Waals surface area contributed by atoms with Crippen LogP contribution in [-0.2, 0) is 4.74 Å². The van der Waals surface area contributed by atoms with Gasteiger partial charge in [0.05, 0.1) is 13.1 Å². The molecule has 0 saturated carbocycles. The fourth-order valence-electron chi connectivity index (χ4n) is 2.16. The van der Waals surface area contributed by atoms with Gasteiger partial charge in [-0.25, -0.2) is 4.99 Å². The fraction of sp³-hybridized carbons (Fsp3) is 0.176. The number of hydrogen-bond donors (Lipinski definition) is 1. The smallest absolute Gasteiger partial charge is 0.251 e. The molecule has 1 unspecified atom stereocenters. The predicted molar refractivity (Wildman–Crippen MR) is 81.5 cm³/mol. The number of ether oxygens (including phenoxy) is 1. The van der Waals surface area contributed by atoms with Gasteiger partial charge in [-0.15, -0.1) is 0 Å². The van der Waals surface area contributed by atoms with Crippen molar-refractivity contribution in [3.8, 4) is 0 Å². The van der Waals surface area contributed by atoms with Crippen LogP contribution in [-0.4, -0.2) is 31.0 Å². The number of aliphatic imine (C=N–C) groups is 1. The minimum Gasteiger partial charge on any atom is -0.470 e. The lowest BCUT2D eigenvalue weighted by atomic mass is 10.2. The Morgan fingerprint density at radius 3 is 2.48 bits per heavy atom. The lowest BCUT2D eigenvalue weighted by molar-refractivity contribution is 0.0932. The van der Waals surface area contributed by atoms with Crippen LogP contribution in [0.2, 0.25) is 0 Å². The Labute approximate surface area is 123 Å². The number of amides is 1. The molecular formula is C17H16N2O2. The van der Waals surface area contributed by atoms with Gasteiger partial charge in [0.1, 0.15) is 6.10 Å². The molecule has 0 bridgehead atoms. The zero-order valence-electron chi connectivity index (χ0n) is 11.5. The Hall–Kier alpha value is -2.62. The van der Waals surface area contributed by atoms with Gasteiger partial charge in [-0.2, -0.15) is 0 Å². The van der Waals surface area contributed by atoms with Crippen molar-refractivity contribution in [3.63, 3.8) is 0 Å². The first-order chi connectivity index (χ1) is 10.3. The highest BCUT2D eigenvalue weighted by Crippen LogP contribution is 2.11. The van der Waals surface area contributed by atoms with E-state index in [1.54, 1.807) is 12.1 Å². The number of carbonyl (C=O) groups excluding carboxylic acids is 1. The average molecular weight is 280 g/mol. The van der Waals surface area contributed by atoms with Crippen molar-refractivity contribution in [2.45, 2.75) is 6.10 Å². The van der Waals surface area contributed by atoms with Gasteiger partial charge in [0, 0.05) is 11.1 Å². The largest absolute Gasteiger partial charge is 0.470 e. The summed E-state index contributed by atoms with van der Waals surface area (Å²) in [7, 11) is 0. The molecule has 2 aromatic rings. The molecule has 0 aromatic heterocycles. The van der Waals surface area contributed by atoms with Crippen molar-refractivity contribution < 1.29 is 9.53 Å². The number of nitrogens with zero attached hydrogens (tertiary/aromatic N) is 1. The van der Waals surface area contributed by atoms with Crippen molar-refractivity contribution in [1.82, 2.24) is 5.32 Å². The topological polar surface area (TPSA) is 50.7 Å².